The molecule has 0 radical (unpaired) electrons. The summed E-state index contributed by atoms with van der Waals surface area (Å²) in [5, 5.41) is 0. The van der Waals surface area contributed by atoms with Gasteiger partial charge < -0.3 is 15.4 Å². The minimum atomic E-state index is 0.0269. The Bertz CT molecular complexity index is 474. The zero-order chi connectivity index (χ0) is 15.1. The molecule has 4 nitrogen and oxygen atoms in total. The fourth-order valence-electron chi connectivity index (χ4n) is 2.69. The molecule has 0 unspecified atom stereocenters. The molecule has 1 aliphatic rings. The van der Waals surface area contributed by atoms with Crippen LogP contribution in [-0.2, 0) is 4.79 Å². The number of nitrogen functional groups attached to an aromatic ring is 1. The van der Waals surface area contributed by atoms with Gasteiger partial charge in [0.1, 0.15) is 5.75 Å². The third-order valence-electron chi connectivity index (χ3n) is 3.91. The van der Waals surface area contributed by atoms with Crippen molar-refractivity contribution in [3.63, 3.8) is 0 Å². The summed E-state index contributed by atoms with van der Waals surface area (Å²) in [5.41, 5.74) is 7.30. The second-order valence-corrected chi connectivity index (χ2v) is 5.68. The lowest BCUT2D eigenvalue weighted by atomic mass is 10.1. The van der Waals surface area contributed by atoms with Gasteiger partial charge in [0, 0.05) is 12.2 Å². The molecule has 1 aromatic carbocycles. The van der Waals surface area contributed by atoms with Gasteiger partial charge in [-0.15, -0.1) is 0 Å². The van der Waals surface area contributed by atoms with Crippen molar-refractivity contribution in [3.8, 4) is 5.75 Å². The molecule has 1 amide bonds. The molecule has 0 saturated carbocycles. The maximum Gasteiger partial charge on any atom is 0.265 e. The van der Waals surface area contributed by atoms with Crippen LogP contribution in [0.3, 0.4) is 0 Å². The first-order valence-corrected chi connectivity index (χ1v) is 8.05. The van der Waals surface area contributed by atoms with E-state index in [4.69, 9.17) is 10.5 Å². The van der Waals surface area contributed by atoms with Gasteiger partial charge in [0.05, 0.1) is 5.69 Å². The zero-order valence-corrected chi connectivity index (χ0v) is 12.9. The molecule has 116 valence electrons. The van der Waals surface area contributed by atoms with Gasteiger partial charge in [-0.25, -0.2) is 0 Å². The van der Waals surface area contributed by atoms with Crippen molar-refractivity contribution in [2.24, 2.45) is 0 Å². The monoisotopic (exact) mass is 290 g/mol. The SMILES string of the molecule is CCCCCCCCCN1C(=O)COc2ccc(N)cc21. The fourth-order valence-corrected chi connectivity index (χ4v) is 2.69. The van der Waals surface area contributed by atoms with Crippen molar-refractivity contribution in [2.75, 3.05) is 23.8 Å². The molecule has 21 heavy (non-hydrogen) atoms. The van der Waals surface area contributed by atoms with Crippen molar-refractivity contribution in [3.05, 3.63) is 18.2 Å². The van der Waals surface area contributed by atoms with Gasteiger partial charge in [0.15, 0.2) is 6.61 Å². The van der Waals surface area contributed by atoms with Crippen LogP contribution in [0.5, 0.6) is 5.75 Å². The Hall–Kier alpha value is -1.71. The molecule has 1 heterocycles. The highest BCUT2D eigenvalue weighted by Crippen LogP contribution is 2.33. The Morgan fingerprint density at radius 3 is 2.62 bits per heavy atom. The Morgan fingerprint density at radius 2 is 1.86 bits per heavy atom. The van der Waals surface area contributed by atoms with Crippen LogP contribution in [0.2, 0.25) is 0 Å². The van der Waals surface area contributed by atoms with Gasteiger partial charge in [0.2, 0.25) is 0 Å². The van der Waals surface area contributed by atoms with E-state index >= 15 is 0 Å². The van der Waals surface area contributed by atoms with E-state index in [0.29, 0.717) is 5.69 Å². The molecule has 0 fully saturated rings. The van der Waals surface area contributed by atoms with Gasteiger partial charge in [-0.3, -0.25) is 4.79 Å². The number of carbonyl (C=O) groups excluding carboxylic acids is 1. The highest BCUT2D eigenvalue weighted by atomic mass is 16.5. The van der Waals surface area contributed by atoms with Crippen molar-refractivity contribution in [1.29, 1.82) is 0 Å². The minimum absolute atomic E-state index is 0.0269. The summed E-state index contributed by atoms with van der Waals surface area (Å²) in [6.07, 6.45) is 8.69. The van der Waals surface area contributed by atoms with E-state index in [2.05, 4.69) is 6.92 Å². The lowest BCUT2D eigenvalue weighted by Gasteiger charge is -2.29. The standard InChI is InChI=1S/C17H26N2O2/c1-2-3-4-5-6-7-8-11-19-15-12-14(18)9-10-16(15)21-13-17(19)20/h9-10,12H,2-8,11,13,18H2,1H3. The fraction of sp³-hybridized carbons (Fsp3) is 0.588. The lowest BCUT2D eigenvalue weighted by Crippen LogP contribution is -2.39. The molecule has 0 bridgehead atoms. The number of hydrogen-bond donors (Lipinski definition) is 1. The zero-order valence-electron chi connectivity index (χ0n) is 12.9. The van der Waals surface area contributed by atoms with E-state index in [1.54, 1.807) is 6.07 Å². The van der Waals surface area contributed by atoms with Crippen LogP contribution in [0.1, 0.15) is 51.9 Å². The van der Waals surface area contributed by atoms with E-state index in [1.165, 1.54) is 38.5 Å². The summed E-state index contributed by atoms with van der Waals surface area (Å²) >= 11 is 0. The number of unbranched alkanes of at least 4 members (excludes halogenated alkanes) is 6. The highest BCUT2D eigenvalue weighted by Gasteiger charge is 2.24. The van der Waals surface area contributed by atoms with Crippen molar-refractivity contribution in [2.45, 2.75) is 51.9 Å². The van der Waals surface area contributed by atoms with Gasteiger partial charge in [-0.2, -0.15) is 0 Å². The number of fused-ring (bicyclic) bond motifs is 1. The molecule has 0 atom stereocenters. The van der Waals surface area contributed by atoms with Gasteiger partial charge >= 0.3 is 0 Å². The van der Waals surface area contributed by atoms with Crippen molar-refractivity contribution in [1.82, 2.24) is 0 Å². The summed E-state index contributed by atoms with van der Waals surface area (Å²) in [4.78, 5) is 13.9. The topological polar surface area (TPSA) is 55.6 Å². The Morgan fingerprint density at radius 1 is 1.14 bits per heavy atom. The molecule has 2 N–H and O–H groups in total. The number of amides is 1. The maximum atomic E-state index is 12.0. The number of ether oxygens (including phenoxy) is 1. The quantitative estimate of drug-likeness (QED) is 0.586. The van der Waals surface area contributed by atoms with Crippen molar-refractivity contribution >= 4 is 17.3 Å². The number of rotatable bonds is 8. The molecule has 4 heteroatoms. The molecular formula is C17H26N2O2. The number of nitrogens with zero attached hydrogens (tertiary/aromatic N) is 1. The Balaban J connectivity index is 1.83. The summed E-state index contributed by atoms with van der Waals surface area (Å²) in [6, 6.07) is 5.48. The lowest BCUT2D eigenvalue weighted by molar-refractivity contribution is -0.121. The van der Waals surface area contributed by atoms with E-state index in [0.717, 1.165) is 24.4 Å². The number of anilines is 2. The second-order valence-electron chi connectivity index (χ2n) is 5.68. The molecule has 0 spiro atoms. The van der Waals surface area contributed by atoms with E-state index in [-0.39, 0.29) is 12.5 Å². The molecule has 2 rings (SSSR count). The average Bonchev–Trinajstić information content (AvgIpc) is 2.48. The highest BCUT2D eigenvalue weighted by molar-refractivity contribution is 5.98. The largest absolute Gasteiger partial charge is 0.482 e. The molecular weight excluding hydrogens is 264 g/mol. The first-order valence-electron chi connectivity index (χ1n) is 8.05. The first-order chi connectivity index (χ1) is 10.2. The molecule has 1 aliphatic heterocycles. The number of carbonyl (C=O) groups is 1. The first kappa shape index (κ1) is 15.7. The van der Waals surface area contributed by atoms with Crippen LogP contribution in [0.4, 0.5) is 11.4 Å². The van der Waals surface area contributed by atoms with Crippen LogP contribution in [0.25, 0.3) is 0 Å². The van der Waals surface area contributed by atoms with Crippen molar-refractivity contribution < 1.29 is 9.53 Å². The average molecular weight is 290 g/mol. The summed E-state index contributed by atoms with van der Waals surface area (Å²) in [7, 11) is 0. The number of benzene rings is 1. The minimum Gasteiger partial charge on any atom is -0.482 e. The third kappa shape index (κ3) is 4.38. The Kier molecular flexibility index (Phi) is 5.90. The predicted octanol–water partition coefficient (Wildman–Crippen LogP) is 3.74. The number of nitrogens with two attached hydrogens (primary N) is 1. The predicted molar refractivity (Wildman–Crippen MR) is 86.7 cm³/mol. The van der Waals surface area contributed by atoms with Gasteiger partial charge in [0.25, 0.3) is 5.91 Å². The van der Waals surface area contributed by atoms with Gasteiger partial charge in [-0.1, -0.05) is 45.4 Å². The second kappa shape index (κ2) is 7.91. The third-order valence-corrected chi connectivity index (χ3v) is 3.91. The number of hydrogen-bond acceptors (Lipinski definition) is 3. The molecule has 0 aromatic heterocycles. The van der Waals surface area contributed by atoms with Crippen LogP contribution in [0.15, 0.2) is 18.2 Å². The van der Waals surface area contributed by atoms with Gasteiger partial charge in [-0.05, 0) is 24.6 Å². The smallest absolute Gasteiger partial charge is 0.265 e. The normalized spacial score (nSPS) is 14.0. The van der Waals surface area contributed by atoms with E-state index in [9.17, 15) is 4.79 Å². The van der Waals surface area contributed by atoms with E-state index < -0.39 is 0 Å². The van der Waals surface area contributed by atoms with Crippen LogP contribution in [0, 0.1) is 0 Å². The summed E-state index contributed by atoms with van der Waals surface area (Å²) < 4.78 is 5.45. The summed E-state index contributed by atoms with van der Waals surface area (Å²) in [5.74, 6) is 0.783. The molecule has 1 aromatic rings. The van der Waals surface area contributed by atoms with Crippen LogP contribution < -0.4 is 15.4 Å². The van der Waals surface area contributed by atoms with Crippen LogP contribution in [-0.4, -0.2) is 19.1 Å². The Labute approximate surface area is 127 Å². The maximum absolute atomic E-state index is 12.0. The molecule has 0 saturated heterocycles. The molecule has 0 aliphatic carbocycles. The van der Waals surface area contributed by atoms with Crippen LogP contribution >= 0.6 is 0 Å². The van der Waals surface area contributed by atoms with E-state index in [1.807, 2.05) is 17.0 Å². The summed E-state index contributed by atoms with van der Waals surface area (Å²) in [6.45, 7) is 3.12.